The first kappa shape index (κ1) is 17.2. The van der Waals surface area contributed by atoms with Gasteiger partial charge in [0.2, 0.25) is 0 Å². The topological polar surface area (TPSA) is 93.9 Å². The number of methoxy groups -OCH3 is 1. The van der Waals surface area contributed by atoms with Gasteiger partial charge in [0.1, 0.15) is 5.69 Å². The van der Waals surface area contributed by atoms with Crippen LogP contribution in [-0.2, 0) is 4.74 Å². The monoisotopic (exact) mass is 298 g/mol. The average molecular weight is 298 g/mol. The molecule has 7 heteroatoms. The summed E-state index contributed by atoms with van der Waals surface area (Å²) < 4.78 is 10.5. The number of hydrogen-bond acceptors (Lipinski definition) is 6. The SMILES string of the molecule is COCC(CCO)Nc1cccc(OC(C)C)c1[N+](=O)[O-]. The third-order valence-corrected chi connectivity index (χ3v) is 2.75. The van der Waals surface area contributed by atoms with Gasteiger partial charge in [-0.3, -0.25) is 10.1 Å². The minimum Gasteiger partial charge on any atom is -0.484 e. The van der Waals surface area contributed by atoms with Crippen molar-refractivity contribution in [2.75, 3.05) is 25.6 Å². The van der Waals surface area contributed by atoms with Gasteiger partial charge >= 0.3 is 5.69 Å². The molecule has 118 valence electrons. The number of aliphatic hydroxyl groups is 1. The summed E-state index contributed by atoms with van der Waals surface area (Å²) >= 11 is 0. The number of benzene rings is 1. The van der Waals surface area contributed by atoms with Crippen LogP contribution in [0.25, 0.3) is 0 Å². The van der Waals surface area contributed by atoms with Crippen LogP contribution in [-0.4, -0.2) is 42.5 Å². The summed E-state index contributed by atoms with van der Waals surface area (Å²) in [6, 6.07) is 4.66. The van der Waals surface area contributed by atoms with E-state index >= 15 is 0 Å². The fourth-order valence-electron chi connectivity index (χ4n) is 1.95. The van der Waals surface area contributed by atoms with E-state index < -0.39 is 4.92 Å². The Morgan fingerprint density at radius 3 is 2.67 bits per heavy atom. The highest BCUT2D eigenvalue weighted by molar-refractivity contribution is 5.68. The molecule has 0 aliphatic rings. The van der Waals surface area contributed by atoms with Crippen molar-refractivity contribution < 1.29 is 19.5 Å². The van der Waals surface area contributed by atoms with Crippen LogP contribution >= 0.6 is 0 Å². The van der Waals surface area contributed by atoms with E-state index in [4.69, 9.17) is 14.6 Å². The Balaban J connectivity index is 3.07. The predicted molar refractivity (Wildman–Crippen MR) is 79.8 cm³/mol. The van der Waals surface area contributed by atoms with Crippen molar-refractivity contribution in [1.82, 2.24) is 0 Å². The molecule has 0 aliphatic heterocycles. The van der Waals surface area contributed by atoms with Crippen LogP contribution in [0.5, 0.6) is 5.75 Å². The summed E-state index contributed by atoms with van der Waals surface area (Å²) in [4.78, 5) is 10.9. The smallest absolute Gasteiger partial charge is 0.333 e. The molecule has 0 aromatic heterocycles. The summed E-state index contributed by atoms with van der Waals surface area (Å²) in [5.74, 6) is 0.222. The molecule has 1 aromatic carbocycles. The second-order valence-electron chi connectivity index (χ2n) is 4.88. The van der Waals surface area contributed by atoms with Crippen LogP contribution in [0.1, 0.15) is 20.3 Å². The highest BCUT2D eigenvalue weighted by atomic mass is 16.6. The van der Waals surface area contributed by atoms with Crippen molar-refractivity contribution in [3.8, 4) is 5.75 Å². The molecule has 7 nitrogen and oxygen atoms in total. The molecule has 1 rings (SSSR count). The average Bonchev–Trinajstić information content (AvgIpc) is 2.38. The number of aliphatic hydroxyl groups excluding tert-OH is 1. The molecule has 0 heterocycles. The largest absolute Gasteiger partial charge is 0.484 e. The van der Waals surface area contributed by atoms with E-state index in [9.17, 15) is 10.1 Å². The van der Waals surface area contributed by atoms with Gasteiger partial charge in [0.15, 0.2) is 5.75 Å². The van der Waals surface area contributed by atoms with Crippen molar-refractivity contribution in [2.45, 2.75) is 32.4 Å². The molecule has 0 spiro atoms. The zero-order valence-corrected chi connectivity index (χ0v) is 12.5. The first-order valence-electron chi connectivity index (χ1n) is 6.80. The van der Waals surface area contributed by atoms with E-state index in [1.165, 1.54) is 0 Å². The van der Waals surface area contributed by atoms with Gasteiger partial charge in [0.25, 0.3) is 0 Å². The van der Waals surface area contributed by atoms with Crippen LogP contribution in [0.2, 0.25) is 0 Å². The second kappa shape index (κ2) is 8.43. The van der Waals surface area contributed by atoms with Gasteiger partial charge in [-0.1, -0.05) is 6.07 Å². The first-order valence-corrected chi connectivity index (χ1v) is 6.80. The minimum absolute atomic E-state index is 0.0307. The number of nitro groups is 1. The quantitative estimate of drug-likeness (QED) is 0.536. The van der Waals surface area contributed by atoms with Crippen LogP contribution in [0.3, 0.4) is 0 Å². The molecule has 0 amide bonds. The number of para-hydroxylation sites is 1. The zero-order valence-electron chi connectivity index (χ0n) is 12.5. The maximum Gasteiger partial charge on any atom is 0.333 e. The van der Waals surface area contributed by atoms with Crippen LogP contribution < -0.4 is 10.1 Å². The lowest BCUT2D eigenvalue weighted by Gasteiger charge is -2.19. The van der Waals surface area contributed by atoms with E-state index in [0.29, 0.717) is 18.7 Å². The summed E-state index contributed by atoms with van der Waals surface area (Å²) in [5, 5.41) is 23.4. The van der Waals surface area contributed by atoms with E-state index in [2.05, 4.69) is 5.32 Å². The lowest BCUT2D eigenvalue weighted by Crippen LogP contribution is -2.26. The minimum atomic E-state index is -0.469. The van der Waals surface area contributed by atoms with Gasteiger partial charge in [-0.2, -0.15) is 0 Å². The van der Waals surface area contributed by atoms with Crippen LogP contribution in [0.15, 0.2) is 18.2 Å². The van der Waals surface area contributed by atoms with Gasteiger partial charge in [-0.25, -0.2) is 0 Å². The Morgan fingerprint density at radius 1 is 1.43 bits per heavy atom. The van der Waals surface area contributed by atoms with Crippen molar-refractivity contribution in [2.24, 2.45) is 0 Å². The Morgan fingerprint density at radius 2 is 2.14 bits per heavy atom. The number of ether oxygens (including phenoxy) is 2. The summed E-state index contributed by atoms with van der Waals surface area (Å²) in [7, 11) is 1.54. The lowest BCUT2D eigenvalue weighted by molar-refractivity contribution is -0.385. The zero-order chi connectivity index (χ0) is 15.8. The molecular formula is C14H22N2O5. The third-order valence-electron chi connectivity index (χ3n) is 2.75. The standard InChI is InChI=1S/C14H22N2O5/c1-10(2)21-13-6-4-5-12(14(13)16(18)19)15-11(7-8-17)9-20-3/h4-6,10-11,15,17H,7-9H2,1-3H3. The predicted octanol–water partition coefficient (Wildman–Crippen LogP) is 2.19. The Bertz CT molecular complexity index is 459. The van der Waals surface area contributed by atoms with Crippen LogP contribution in [0, 0.1) is 10.1 Å². The molecule has 0 fully saturated rings. The highest BCUT2D eigenvalue weighted by Crippen LogP contribution is 2.35. The number of nitro benzene ring substituents is 1. The van der Waals surface area contributed by atoms with Crippen LogP contribution in [0.4, 0.5) is 11.4 Å². The molecule has 0 saturated heterocycles. The van der Waals surface area contributed by atoms with Gasteiger partial charge in [0.05, 0.1) is 23.7 Å². The van der Waals surface area contributed by atoms with Gasteiger partial charge in [-0.15, -0.1) is 0 Å². The molecule has 0 aliphatic carbocycles. The molecule has 1 atom stereocenters. The molecule has 2 N–H and O–H groups in total. The third kappa shape index (κ3) is 5.20. The van der Waals surface area contributed by atoms with Crippen molar-refractivity contribution in [3.63, 3.8) is 0 Å². The number of nitrogens with zero attached hydrogens (tertiary/aromatic N) is 1. The number of rotatable bonds is 9. The molecule has 21 heavy (non-hydrogen) atoms. The normalized spacial score (nSPS) is 12.2. The van der Waals surface area contributed by atoms with Gasteiger partial charge < -0.3 is 19.9 Å². The molecule has 0 radical (unpaired) electrons. The lowest BCUT2D eigenvalue weighted by atomic mass is 10.2. The number of nitrogens with one attached hydrogen (secondary N) is 1. The molecule has 1 unspecified atom stereocenters. The van der Waals surface area contributed by atoms with E-state index in [0.717, 1.165) is 0 Å². The second-order valence-corrected chi connectivity index (χ2v) is 4.88. The van der Waals surface area contributed by atoms with Crippen molar-refractivity contribution in [1.29, 1.82) is 0 Å². The number of hydrogen-bond donors (Lipinski definition) is 2. The first-order chi connectivity index (χ1) is 9.99. The molecule has 0 saturated carbocycles. The van der Waals surface area contributed by atoms with Gasteiger partial charge in [-0.05, 0) is 32.4 Å². The molecule has 1 aromatic rings. The van der Waals surface area contributed by atoms with Crippen molar-refractivity contribution >= 4 is 11.4 Å². The summed E-state index contributed by atoms with van der Waals surface area (Å²) in [6.07, 6.45) is 0.270. The summed E-state index contributed by atoms with van der Waals surface area (Å²) in [6.45, 7) is 3.93. The van der Waals surface area contributed by atoms with E-state index in [-0.39, 0.29) is 30.2 Å². The fourth-order valence-corrected chi connectivity index (χ4v) is 1.95. The Kier molecular flexibility index (Phi) is 6.90. The van der Waals surface area contributed by atoms with Gasteiger partial charge in [0, 0.05) is 13.7 Å². The Hall–Kier alpha value is -1.86. The summed E-state index contributed by atoms with van der Waals surface area (Å²) in [5.41, 5.74) is 0.249. The van der Waals surface area contributed by atoms with E-state index in [1.807, 2.05) is 13.8 Å². The fraction of sp³-hybridized carbons (Fsp3) is 0.571. The number of anilines is 1. The molecular weight excluding hydrogens is 276 g/mol. The van der Waals surface area contributed by atoms with Crippen molar-refractivity contribution in [3.05, 3.63) is 28.3 Å². The highest BCUT2D eigenvalue weighted by Gasteiger charge is 2.23. The Labute approximate surface area is 124 Å². The maximum atomic E-state index is 11.3. The maximum absolute atomic E-state index is 11.3. The molecule has 0 bridgehead atoms. The van der Waals surface area contributed by atoms with E-state index in [1.54, 1.807) is 25.3 Å².